The van der Waals surface area contributed by atoms with Crippen molar-refractivity contribution in [2.75, 3.05) is 19.8 Å². The van der Waals surface area contributed by atoms with E-state index in [4.69, 9.17) is 15.2 Å². The third-order valence-corrected chi connectivity index (χ3v) is 3.52. The van der Waals surface area contributed by atoms with Gasteiger partial charge in [-0.2, -0.15) is 0 Å². The summed E-state index contributed by atoms with van der Waals surface area (Å²) in [6, 6.07) is 16.9. The van der Waals surface area contributed by atoms with Crippen molar-refractivity contribution < 1.29 is 9.47 Å². The summed E-state index contributed by atoms with van der Waals surface area (Å²) in [5, 5.41) is 0. The maximum atomic E-state index is 5.56. The molecule has 0 saturated carbocycles. The van der Waals surface area contributed by atoms with E-state index in [1.54, 1.807) is 0 Å². The number of rotatable bonds is 4. The van der Waals surface area contributed by atoms with Crippen molar-refractivity contribution in [3.8, 4) is 11.1 Å². The highest BCUT2D eigenvalue weighted by Gasteiger charge is 2.17. The highest BCUT2D eigenvalue weighted by molar-refractivity contribution is 5.64. The minimum atomic E-state index is -0.198. The van der Waals surface area contributed by atoms with E-state index in [9.17, 15) is 0 Å². The summed E-state index contributed by atoms with van der Waals surface area (Å²) in [7, 11) is 0. The van der Waals surface area contributed by atoms with Crippen LogP contribution in [0.1, 0.15) is 17.4 Å². The predicted molar refractivity (Wildman–Crippen MR) is 79.3 cm³/mol. The van der Waals surface area contributed by atoms with Crippen LogP contribution in [0.5, 0.6) is 0 Å². The molecule has 2 aromatic carbocycles. The quantitative estimate of drug-likeness (QED) is 0.928. The van der Waals surface area contributed by atoms with Crippen LogP contribution in [0.25, 0.3) is 11.1 Å². The van der Waals surface area contributed by atoms with Gasteiger partial charge in [0.2, 0.25) is 0 Å². The van der Waals surface area contributed by atoms with Crippen molar-refractivity contribution in [1.29, 1.82) is 0 Å². The van der Waals surface area contributed by atoms with Crippen LogP contribution in [0.2, 0.25) is 0 Å². The molecule has 20 heavy (non-hydrogen) atoms. The van der Waals surface area contributed by atoms with Gasteiger partial charge < -0.3 is 15.2 Å². The van der Waals surface area contributed by atoms with Crippen molar-refractivity contribution >= 4 is 0 Å². The second kappa shape index (κ2) is 6.18. The van der Waals surface area contributed by atoms with Crippen LogP contribution in [-0.2, 0) is 15.9 Å². The minimum Gasteiger partial charge on any atom is -0.346 e. The first-order valence-corrected chi connectivity index (χ1v) is 6.99. The van der Waals surface area contributed by atoms with E-state index in [-0.39, 0.29) is 6.29 Å². The van der Waals surface area contributed by atoms with Gasteiger partial charge in [-0.1, -0.05) is 48.5 Å². The number of hydrogen-bond donors (Lipinski definition) is 1. The monoisotopic (exact) mass is 269 g/mol. The highest BCUT2D eigenvalue weighted by Crippen LogP contribution is 2.26. The minimum absolute atomic E-state index is 0.198. The molecular formula is C17H19NO2. The van der Waals surface area contributed by atoms with Gasteiger partial charge in [0.1, 0.15) is 0 Å². The molecule has 1 saturated heterocycles. The lowest BCUT2D eigenvalue weighted by Crippen LogP contribution is -2.02. The first kappa shape index (κ1) is 13.3. The zero-order valence-corrected chi connectivity index (χ0v) is 11.4. The van der Waals surface area contributed by atoms with Crippen molar-refractivity contribution in [3.63, 3.8) is 0 Å². The summed E-state index contributed by atoms with van der Waals surface area (Å²) in [4.78, 5) is 0. The molecule has 104 valence electrons. The second-order valence-corrected chi connectivity index (χ2v) is 4.93. The van der Waals surface area contributed by atoms with Crippen molar-refractivity contribution in [1.82, 2.24) is 0 Å². The molecule has 0 amide bonds. The molecule has 1 fully saturated rings. The Morgan fingerprint density at radius 3 is 1.95 bits per heavy atom. The van der Waals surface area contributed by atoms with Gasteiger partial charge in [0.15, 0.2) is 6.29 Å². The van der Waals surface area contributed by atoms with Crippen LogP contribution in [0.15, 0.2) is 48.5 Å². The first-order valence-electron chi connectivity index (χ1n) is 6.99. The van der Waals surface area contributed by atoms with Gasteiger partial charge in [0.25, 0.3) is 0 Å². The van der Waals surface area contributed by atoms with Crippen molar-refractivity contribution in [2.24, 2.45) is 5.73 Å². The Labute approximate surface area is 119 Å². The molecule has 3 heteroatoms. The lowest BCUT2D eigenvalue weighted by Gasteiger charge is -2.10. The van der Waals surface area contributed by atoms with Crippen LogP contribution in [0.4, 0.5) is 0 Å². The maximum Gasteiger partial charge on any atom is 0.184 e. The van der Waals surface area contributed by atoms with E-state index in [1.165, 1.54) is 16.7 Å². The van der Waals surface area contributed by atoms with Gasteiger partial charge in [0, 0.05) is 5.56 Å². The largest absolute Gasteiger partial charge is 0.346 e. The molecule has 1 heterocycles. The van der Waals surface area contributed by atoms with E-state index in [0.29, 0.717) is 19.8 Å². The Morgan fingerprint density at radius 2 is 1.40 bits per heavy atom. The molecule has 1 aliphatic heterocycles. The third-order valence-electron chi connectivity index (χ3n) is 3.52. The molecule has 3 rings (SSSR count). The molecule has 2 N–H and O–H groups in total. The fraction of sp³-hybridized carbons (Fsp3) is 0.294. The van der Waals surface area contributed by atoms with Gasteiger partial charge in [-0.05, 0) is 29.7 Å². The smallest absolute Gasteiger partial charge is 0.184 e. The van der Waals surface area contributed by atoms with Crippen molar-refractivity contribution in [2.45, 2.75) is 12.7 Å². The summed E-state index contributed by atoms with van der Waals surface area (Å²) < 4.78 is 11.0. The topological polar surface area (TPSA) is 44.5 Å². The Kier molecular flexibility index (Phi) is 4.11. The van der Waals surface area contributed by atoms with E-state index < -0.39 is 0 Å². The fourth-order valence-electron chi connectivity index (χ4n) is 2.41. The maximum absolute atomic E-state index is 5.56. The highest BCUT2D eigenvalue weighted by atomic mass is 16.7. The van der Waals surface area contributed by atoms with Gasteiger partial charge in [-0.3, -0.25) is 0 Å². The molecule has 1 aliphatic rings. The molecule has 0 bridgehead atoms. The van der Waals surface area contributed by atoms with Crippen molar-refractivity contribution in [3.05, 3.63) is 59.7 Å². The summed E-state index contributed by atoms with van der Waals surface area (Å²) in [5.41, 5.74) is 10.3. The SMILES string of the molecule is NCCc1ccc(-c2ccc(C3OCCO3)cc2)cc1. The fourth-order valence-corrected chi connectivity index (χ4v) is 2.41. The zero-order valence-electron chi connectivity index (χ0n) is 11.4. The molecule has 0 spiro atoms. The van der Waals surface area contributed by atoms with Gasteiger partial charge in [-0.15, -0.1) is 0 Å². The van der Waals surface area contributed by atoms with Crippen LogP contribution in [0, 0.1) is 0 Å². The number of nitrogens with two attached hydrogens (primary N) is 1. The average Bonchev–Trinajstić information content (AvgIpc) is 3.03. The summed E-state index contributed by atoms with van der Waals surface area (Å²) in [6.45, 7) is 2.04. The van der Waals surface area contributed by atoms with E-state index in [1.807, 2.05) is 0 Å². The normalized spacial score (nSPS) is 15.7. The van der Waals surface area contributed by atoms with Crippen LogP contribution in [-0.4, -0.2) is 19.8 Å². The Hall–Kier alpha value is -1.68. The molecule has 2 aromatic rings. The van der Waals surface area contributed by atoms with Gasteiger partial charge >= 0.3 is 0 Å². The van der Waals surface area contributed by atoms with Crippen LogP contribution < -0.4 is 5.73 Å². The van der Waals surface area contributed by atoms with E-state index in [2.05, 4.69) is 48.5 Å². The molecule has 0 atom stereocenters. The van der Waals surface area contributed by atoms with Crippen LogP contribution >= 0.6 is 0 Å². The standard InChI is InChI=1S/C17H19NO2/c18-10-9-13-1-3-14(4-2-13)15-5-7-16(8-6-15)17-19-11-12-20-17/h1-8,17H,9-12,18H2. The first-order chi connectivity index (χ1) is 9.86. The lowest BCUT2D eigenvalue weighted by molar-refractivity contribution is -0.0441. The Bertz CT molecular complexity index is 542. The molecule has 3 nitrogen and oxygen atoms in total. The van der Waals surface area contributed by atoms with Gasteiger partial charge in [-0.25, -0.2) is 0 Å². The lowest BCUT2D eigenvalue weighted by atomic mass is 10.0. The third kappa shape index (κ3) is 2.90. The second-order valence-electron chi connectivity index (χ2n) is 4.93. The number of ether oxygens (including phenoxy) is 2. The summed E-state index contributed by atoms with van der Waals surface area (Å²) in [6.07, 6.45) is 0.728. The Morgan fingerprint density at radius 1 is 0.850 bits per heavy atom. The van der Waals surface area contributed by atoms with Gasteiger partial charge in [0.05, 0.1) is 13.2 Å². The zero-order chi connectivity index (χ0) is 13.8. The van der Waals surface area contributed by atoms with Crippen LogP contribution in [0.3, 0.4) is 0 Å². The van der Waals surface area contributed by atoms with E-state index >= 15 is 0 Å². The predicted octanol–water partition coefficient (Wildman–Crippen LogP) is 2.90. The molecule has 0 radical (unpaired) electrons. The molecular weight excluding hydrogens is 250 g/mol. The molecule has 0 unspecified atom stereocenters. The molecule has 0 aliphatic carbocycles. The van der Waals surface area contributed by atoms with E-state index in [0.717, 1.165) is 12.0 Å². The summed E-state index contributed by atoms with van der Waals surface area (Å²) >= 11 is 0. The average molecular weight is 269 g/mol. The number of benzene rings is 2. The number of hydrogen-bond acceptors (Lipinski definition) is 3. The summed E-state index contributed by atoms with van der Waals surface area (Å²) in [5.74, 6) is 0. The molecule has 0 aromatic heterocycles. The Balaban J connectivity index is 1.76.